The first-order valence-electron chi connectivity index (χ1n) is 8.53. The van der Waals surface area contributed by atoms with Crippen molar-refractivity contribution in [3.05, 3.63) is 60.2 Å². The second-order valence-electron chi connectivity index (χ2n) is 6.22. The second kappa shape index (κ2) is 9.08. The van der Waals surface area contributed by atoms with Crippen molar-refractivity contribution in [3.8, 4) is 5.75 Å². The Labute approximate surface area is 149 Å². The average molecular weight is 342 g/mol. The van der Waals surface area contributed by atoms with Gasteiger partial charge in [0.25, 0.3) is 0 Å². The van der Waals surface area contributed by atoms with Gasteiger partial charge in [-0.2, -0.15) is 0 Å². The van der Waals surface area contributed by atoms with E-state index in [-0.39, 0.29) is 12.6 Å². The number of hydrogen-bond acceptors (Lipinski definition) is 3. The zero-order valence-electron chi connectivity index (χ0n) is 14.8. The molecule has 2 rings (SSSR count). The topological polar surface area (TPSA) is 70.6 Å². The highest BCUT2D eigenvalue weighted by Crippen LogP contribution is 2.23. The van der Waals surface area contributed by atoms with E-state index in [0.29, 0.717) is 24.5 Å². The molecule has 5 nitrogen and oxygen atoms in total. The minimum absolute atomic E-state index is 0.169. The zero-order valence-corrected chi connectivity index (χ0v) is 14.8. The van der Waals surface area contributed by atoms with E-state index in [1.54, 1.807) is 19.1 Å². The molecule has 0 saturated carbocycles. The maximum absolute atomic E-state index is 12.1. The van der Waals surface area contributed by atoms with Crippen molar-refractivity contribution in [2.75, 3.05) is 18.5 Å². The molecule has 0 spiro atoms. The van der Waals surface area contributed by atoms with E-state index in [1.807, 2.05) is 49.4 Å². The number of anilines is 1. The number of benzene rings is 2. The third-order valence-corrected chi connectivity index (χ3v) is 3.86. The number of rotatable bonds is 8. The van der Waals surface area contributed by atoms with Crippen molar-refractivity contribution in [3.63, 3.8) is 0 Å². The molecule has 2 aromatic carbocycles. The molecule has 0 bridgehead atoms. The Hall–Kier alpha value is -2.53. The van der Waals surface area contributed by atoms with Gasteiger partial charge in [-0.05, 0) is 44.4 Å². The lowest BCUT2D eigenvalue weighted by atomic mass is 9.97. The van der Waals surface area contributed by atoms with Crippen LogP contribution in [-0.2, 0) is 6.42 Å². The number of amides is 2. The van der Waals surface area contributed by atoms with E-state index >= 15 is 0 Å². The van der Waals surface area contributed by atoms with Gasteiger partial charge in [-0.25, -0.2) is 4.79 Å². The van der Waals surface area contributed by atoms with Crippen LogP contribution in [0.5, 0.6) is 5.75 Å². The number of para-hydroxylation sites is 2. The molecule has 5 heteroatoms. The number of urea groups is 1. The Morgan fingerprint density at radius 1 is 1.12 bits per heavy atom. The summed E-state index contributed by atoms with van der Waals surface area (Å²) in [5, 5.41) is 15.9. The van der Waals surface area contributed by atoms with Crippen molar-refractivity contribution < 1.29 is 14.6 Å². The monoisotopic (exact) mass is 342 g/mol. The Kier molecular flexibility index (Phi) is 6.83. The van der Waals surface area contributed by atoms with Crippen molar-refractivity contribution >= 4 is 11.7 Å². The van der Waals surface area contributed by atoms with Crippen LogP contribution in [0.15, 0.2) is 54.6 Å². The van der Waals surface area contributed by atoms with E-state index in [1.165, 1.54) is 0 Å². The molecule has 3 N–H and O–H groups in total. The summed E-state index contributed by atoms with van der Waals surface area (Å²) >= 11 is 0. The SMILES string of the molecule is CCOc1ccccc1NC(=O)NCC(C)(O)CCc1ccccc1. The predicted octanol–water partition coefficient (Wildman–Crippen LogP) is 3.59. The van der Waals surface area contributed by atoms with Gasteiger partial charge >= 0.3 is 6.03 Å². The van der Waals surface area contributed by atoms with Gasteiger partial charge in [-0.1, -0.05) is 42.5 Å². The van der Waals surface area contributed by atoms with Crippen molar-refractivity contribution in [2.24, 2.45) is 0 Å². The molecule has 0 saturated heterocycles. The normalized spacial score (nSPS) is 12.9. The Morgan fingerprint density at radius 3 is 2.52 bits per heavy atom. The summed E-state index contributed by atoms with van der Waals surface area (Å²) in [7, 11) is 0. The lowest BCUT2D eigenvalue weighted by molar-refractivity contribution is 0.0539. The molecule has 25 heavy (non-hydrogen) atoms. The fraction of sp³-hybridized carbons (Fsp3) is 0.350. The van der Waals surface area contributed by atoms with Crippen LogP contribution in [0.1, 0.15) is 25.8 Å². The number of ether oxygens (including phenoxy) is 1. The maximum atomic E-state index is 12.1. The van der Waals surface area contributed by atoms with Crippen LogP contribution in [0.4, 0.5) is 10.5 Å². The first-order valence-corrected chi connectivity index (χ1v) is 8.53. The highest BCUT2D eigenvalue weighted by Gasteiger charge is 2.21. The van der Waals surface area contributed by atoms with Gasteiger partial charge in [0.15, 0.2) is 0 Å². The quantitative estimate of drug-likeness (QED) is 0.686. The molecule has 0 aromatic heterocycles. The van der Waals surface area contributed by atoms with E-state index in [9.17, 15) is 9.90 Å². The molecule has 134 valence electrons. The summed E-state index contributed by atoms with van der Waals surface area (Å²) in [6.45, 7) is 4.31. The number of hydrogen-bond donors (Lipinski definition) is 3. The molecule has 0 aliphatic rings. The molecule has 2 aromatic rings. The number of aryl methyl sites for hydroxylation is 1. The minimum atomic E-state index is -0.980. The Bertz CT molecular complexity index is 672. The van der Waals surface area contributed by atoms with E-state index < -0.39 is 5.60 Å². The fourth-order valence-electron chi connectivity index (χ4n) is 2.44. The molecular weight excluding hydrogens is 316 g/mol. The highest BCUT2D eigenvalue weighted by molar-refractivity contribution is 5.90. The molecule has 0 aliphatic carbocycles. The van der Waals surface area contributed by atoms with Crippen LogP contribution in [0.25, 0.3) is 0 Å². The van der Waals surface area contributed by atoms with E-state index in [4.69, 9.17) is 4.74 Å². The second-order valence-corrected chi connectivity index (χ2v) is 6.22. The number of carbonyl (C=O) groups is 1. The summed E-state index contributed by atoms with van der Waals surface area (Å²) in [4.78, 5) is 12.1. The van der Waals surface area contributed by atoms with E-state index in [2.05, 4.69) is 10.6 Å². The highest BCUT2D eigenvalue weighted by atomic mass is 16.5. The van der Waals surface area contributed by atoms with Crippen molar-refractivity contribution in [2.45, 2.75) is 32.3 Å². The van der Waals surface area contributed by atoms with Gasteiger partial charge in [0.05, 0.1) is 17.9 Å². The maximum Gasteiger partial charge on any atom is 0.319 e. The fourth-order valence-corrected chi connectivity index (χ4v) is 2.44. The lowest BCUT2D eigenvalue weighted by Gasteiger charge is -2.24. The Morgan fingerprint density at radius 2 is 1.80 bits per heavy atom. The number of carbonyl (C=O) groups excluding carboxylic acids is 1. The minimum Gasteiger partial charge on any atom is -0.492 e. The largest absolute Gasteiger partial charge is 0.492 e. The lowest BCUT2D eigenvalue weighted by Crippen LogP contribution is -2.42. The van der Waals surface area contributed by atoms with Crippen molar-refractivity contribution in [1.29, 1.82) is 0 Å². The third-order valence-electron chi connectivity index (χ3n) is 3.86. The van der Waals surface area contributed by atoms with Gasteiger partial charge < -0.3 is 20.5 Å². The zero-order chi connectivity index (χ0) is 18.1. The summed E-state index contributed by atoms with van der Waals surface area (Å²) in [5.74, 6) is 0.621. The number of nitrogens with one attached hydrogen (secondary N) is 2. The summed E-state index contributed by atoms with van der Waals surface area (Å²) in [5.41, 5.74) is 0.788. The van der Waals surface area contributed by atoms with Gasteiger partial charge in [-0.15, -0.1) is 0 Å². The Balaban J connectivity index is 1.82. The van der Waals surface area contributed by atoms with Gasteiger partial charge in [0.1, 0.15) is 5.75 Å². The summed E-state index contributed by atoms with van der Waals surface area (Å²) in [6.07, 6.45) is 1.32. The molecule has 0 radical (unpaired) electrons. The van der Waals surface area contributed by atoms with Crippen molar-refractivity contribution in [1.82, 2.24) is 5.32 Å². The van der Waals surface area contributed by atoms with Gasteiger partial charge in [0, 0.05) is 6.54 Å². The first-order chi connectivity index (χ1) is 12.0. The van der Waals surface area contributed by atoms with Crippen LogP contribution in [-0.4, -0.2) is 29.9 Å². The van der Waals surface area contributed by atoms with Crippen LogP contribution in [0, 0.1) is 0 Å². The standard InChI is InChI=1S/C20H26N2O3/c1-3-25-18-12-8-7-11-17(18)22-19(23)21-15-20(2,24)14-13-16-9-5-4-6-10-16/h4-12,24H,3,13-15H2,1-2H3,(H2,21,22,23). The molecule has 1 unspecified atom stereocenters. The van der Waals surface area contributed by atoms with Crippen LogP contribution in [0.2, 0.25) is 0 Å². The molecule has 0 fully saturated rings. The number of aliphatic hydroxyl groups is 1. The molecule has 2 amide bonds. The summed E-state index contributed by atoms with van der Waals surface area (Å²) in [6, 6.07) is 16.9. The molecule has 1 atom stereocenters. The molecule has 0 aliphatic heterocycles. The van der Waals surface area contributed by atoms with Crippen LogP contribution in [0.3, 0.4) is 0 Å². The average Bonchev–Trinajstić information content (AvgIpc) is 2.61. The predicted molar refractivity (Wildman–Crippen MR) is 100 cm³/mol. The van der Waals surface area contributed by atoms with Gasteiger partial charge in [0.2, 0.25) is 0 Å². The molecule has 0 heterocycles. The first kappa shape index (κ1) is 18.8. The van der Waals surface area contributed by atoms with Crippen LogP contribution < -0.4 is 15.4 Å². The summed E-state index contributed by atoms with van der Waals surface area (Å²) < 4.78 is 5.48. The smallest absolute Gasteiger partial charge is 0.319 e. The van der Waals surface area contributed by atoms with Crippen LogP contribution >= 0.6 is 0 Å². The van der Waals surface area contributed by atoms with Gasteiger partial charge in [-0.3, -0.25) is 0 Å². The molecular formula is C20H26N2O3. The third kappa shape index (κ3) is 6.47. The van der Waals surface area contributed by atoms with E-state index in [0.717, 1.165) is 12.0 Å².